The van der Waals surface area contributed by atoms with Gasteiger partial charge in [0.1, 0.15) is 0 Å². The van der Waals surface area contributed by atoms with Crippen LogP contribution >= 0.6 is 15.9 Å². The average molecular weight is 256 g/mol. The van der Waals surface area contributed by atoms with Crippen molar-refractivity contribution in [1.82, 2.24) is 0 Å². The van der Waals surface area contributed by atoms with E-state index in [1.807, 2.05) is 0 Å². The van der Waals surface area contributed by atoms with Crippen molar-refractivity contribution in [2.45, 2.75) is 33.1 Å². The van der Waals surface area contributed by atoms with Crippen LogP contribution in [0.3, 0.4) is 0 Å². The molecule has 14 heavy (non-hydrogen) atoms. The fraction of sp³-hybridized carbons (Fsp3) is 0.500. The van der Waals surface area contributed by atoms with Gasteiger partial charge in [0.2, 0.25) is 0 Å². The van der Waals surface area contributed by atoms with E-state index in [1.165, 1.54) is 24.1 Å². The molecule has 1 rings (SSSR count). The van der Waals surface area contributed by atoms with E-state index in [9.17, 15) is 0 Å². The van der Waals surface area contributed by atoms with Gasteiger partial charge in [-0.1, -0.05) is 26.3 Å². The Morgan fingerprint density at radius 3 is 2.71 bits per heavy atom. The van der Waals surface area contributed by atoms with E-state index in [1.54, 1.807) is 0 Å². The van der Waals surface area contributed by atoms with Crippen molar-refractivity contribution in [3.8, 4) is 0 Å². The van der Waals surface area contributed by atoms with Gasteiger partial charge in [-0.15, -0.1) is 0 Å². The Morgan fingerprint density at radius 2 is 2.07 bits per heavy atom. The molecular formula is C12H18BrN. The van der Waals surface area contributed by atoms with E-state index in [0.717, 1.165) is 17.4 Å². The Labute approximate surface area is 95.0 Å². The molecule has 0 saturated heterocycles. The van der Waals surface area contributed by atoms with E-state index in [0.29, 0.717) is 0 Å². The Bertz CT molecular complexity index is 284. The third kappa shape index (κ3) is 3.33. The van der Waals surface area contributed by atoms with Crippen molar-refractivity contribution >= 4 is 21.6 Å². The number of hydrogen-bond acceptors (Lipinski definition) is 1. The number of benzene rings is 1. The Hall–Kier alpha value is -0.500. The zero-order valence-electron chi connectivity index (χ0n) is 8.94. The normalized spacial score (nSPS) is 10.2. The number of aryl methyl sites for hydroxylation is 1. The van der Waals surface area contributed by atoms with Crippen LogP contribution in [0.25, 0.3) is 0 Å². The van der Waals surface area contributed by atoms with Crippen molar-refractivity contribution in [1.29, 1.82) is 0 Å². The smallest absolute Gasteiger partial charge is 0.0487 e. The molecule has 0 unspecified atom stereocenters. The topological polar surface area (TPSA) is 12.0 Å². The molecule has 0 amide bonds. The number of anilines is 1. The van der Waals surface area contributed by atoms with E-state index in [-0.39, 0.29) is 0 Å². The maximum Gasteiger partial charge on any atom is 0.0487 e. The van der Waals surface area contributed by atoms with Gasteiger partial charge in [-0.05, 0) is 46.5 Å². The van der Waals surface area contributed by atoms with Crippen molar-refractivity contribution in [3.63, 3.8) is 0 Å². The highest BCUT2D eigenvalue weighted by Crippen LogP contribution is 2.23. The maximum absolute atomic E-state index is 3.55. The quantitative estimate of drug-likeness (QED) is 0.777. The van der Waals surface area contributed by atoms with Gasteiger partial charge in [-0.3, -0.25) is 0 Å². The van der Waals surface area contributed by atoms with Crippen LogP contribution in [0.4, 0.5) is 5.69 Å². The molecule has 0 fully saturated rings. The van der Waals surface area contributed by atoms with Gasteiger partial charge in [0.25, 0.3) is 0 Å². The Morgan fingerprint density at radius 1 is 1.29 bits per heavy atom. The van der Waals surface area contributed by atoms with Crippen molar-refractivity contribution in [3.05, 3.63) is 28.2 Å². The summed E-state index contributed by atoms with van der Waals surface area (Å²) in [4.78, 5) is 0. The second kappa shape index (κ2) is 6.07. The average Bonchev–Trinajstić information content (AvgIpc) is 2.21. The predicted molar refractivity (Wildman–Crippen MR) is 66.9 cm³/mol. The summed E-state index contributed by atoms with van der Waals surface area (Å²) in [6.07, 6.45) is 3.55. The third-order valence-electron chi connectivity index (χ3n) is 2.28. The molecule has 0 atom stereocenters. The van der Waals surface area contributed by atoms with Crippen LogP contribution in [0.15, 0.2) is 22.7 Å². The summed E-state index contributed by atoms with van der Waals surface area (Å²) in [6, 6.07) is 6.50. The fourth-order valence-corrected chi connectivity index (χ4v) is 1.71. The minimum Gasteiger partial charge on any atom is -0.384 e. The van der Waals surface area contributed by atoms with Crippen LogP contribution in [-0.4, -0.2) is 6.54 Å². The lowest BCUT2D eigenvalue weighted by molar-refractivity contribution is 0.833. The first-order valence-electron chi connectivity index (χ1n) is 5.30. The number of hydrogen-bond donors (Lipinski definition) is 1. The first kappa shape index (κ1) is 11.6. The van der Waals surface area contributed by atoms with Crippen LogP contribution in [0.1, 0.15) is 32.3 Å². The zero-order chi connectivity index (χ0) is 10.4. The van der Waals surface area contributed by atoms with E-state index in [4.69, 9.17) is 0 Å². The fourth-order valence-electron chi connectivity index (χ4n) is 1.33. The molecule has 1 N–H and O–H groups in total. The van der Waals surface area contributed by atoms with Gasteiger partial charge >= 0.3 is 0 Å². The molecular weight excluding hydrogens is 238 g/mol. The summed E-state index contributed by atoms with van der Waals surface area (Å²) in [5.74, 6) is 0. The van der Waals surface area contributed by atoms with Gasteiger partial charge in [-0.2, -0.15) is 0 Å². The number of unbranched alkanes of at least 4 members (excludes halogenated alkanes) is 1. The summed E-state index contributed by atoms with van der Waals surface area (Å²) in [6.45, 7) is 5.44. The zero-order valence-corrected chi connectivity index (χ0v) is 10.5. The van der Waals surface area contributed by atoms with Gasteiger partial charge in [-0.25, -0.2) is 0 Å². The molecule has 2 heteroatoms. The van der Waals surface area contributed by atoms with Crippen molar-refractivity contribution in [2.24, 2.45) is 0 Å². The van der Waals surface area contributed by atoms with Crippen molar-refractivity contribution < 1.29 is 0 Å². The molecule has 0 spiro atoms. The largest absolute Gasteiger partial charge is 0.384 e. The molecule has 0 aliphatic heterocycles. The van der Waals surface area contributed by atoms with Crippen LogP contribution in [0, 0.1) is 0 Å². The number of rotatable bonds is 5. The highest BCUT2D eigenvalue weighted by atomic mass is 79.9. The lowest BCUT2D eigenvalue weighted by Gasteiger charge is -2.09. The summed E-state index contributed by atoms with van der Waals surface area (Å²) in [5, 5.41) is 3.44. The van der Waals surface area contributed by atoms with E-state index in [2.05, 4.69) is 53.3 Å². The second-order valence-electron chi connectivity index (χ2n) is 3.45. The first-order valence-corrected chi connectivity index (χ1v) is 6.09. The molecule has 78 valence electrons. The van der Waals surface area contributed by atoms with Gasteiger partial charge in [0.15, 0.2) is 0 Å². The van der Waals surface area contributed by atoms with E-state index < -0.39 is 0 Å². The molecule has 0 aromatic heterocycles. The molecule has 0 aliphatic carbocycles. The monoisotopic (exact) mass is 255 g/mol. The lowest BCUT2D eigenvalue weighted by atomic mass is 10.1. The molecule has 0 saturated carbocycles. The third-order valence-corrected chi connectivity index (χ3v) is 2.98. The molecule has 1 aromatic rings. The van der Waals surface area contributed by atoms with Crippen LogP contribution < -0.4 is 5.32 Å². The van der Waals surface area contributed by atoms with E-state index >= 15 is 0 Å². The molecule has 0 bridgehead atoms. The SMILES string of the molecule is CCCCNc1cc(CC)ccc1Br. The standard InChI is InChI=1S/C12H18BrN/c1-3-5-8-14-12-9-10(4-2)6-7-11(12)13/h6-7,9,14H,3-5,8H2,1-2H3. The van der Waals surface area contributed by atoms with Gasteiger partial charge in [0, 0.05) is 16.7 Å². The van der Waals surface area contributed by atoms with Crippen molar-refractivity contribution in [2.75, 3.05) is 11.9 Å². The molecule has 1 aromatic carbocycles. The second-order valence-corrected chi connectivity index (χ2v) is 4.30. The van der Waals surface area contributed by atoms with Crippen LogP contribution in [0.2, 0.25) is 0 Å². The minimum atomic E-state index is 1.06. The van der Waals surface area contributed by atoms with Gasteiger partial charge < -0.3 is 5.32 Å². The summed E-state index contributed by atoms with van der Waals surface area (Å²) in [7, 11) is 0. The maximum atomic E-state index is 3.55. The molecule has 0 radical (unpaired) electrons. The Balaban J connectivity index is 2.64. The molecule has 1 nitrogen and oxygen atoms in total. The number of halogens is 1. The summed E-state index contributed by atoms with van der Waals surface area (Å²) < 4.78 is 1.16. The molecule has 0 aliphatic rings. The molecule has 0 heterocycles. The summed E-state index contributed by atoms with van der Waals surface area (Å²) >= 11 is 3.55. The summed E-state index contributed by atoms with van der Waals surface area (Å²) in [5.41, 5.74) is 2.60. The predicted octanol–water partition coefficient (Wildman–Crippen LogP) is 4.22. The minimum absolute atomic E-state index is 1.06. The van der Waals surface area contributed by atoms with Gasteiger partial charge in [0.05, 0.1) is 0 Å². The first-order chi connectivity index (χ1) is 6.77. The lowest BCUT2D eigenvalue weighted by Crippen LogP contribution is -2.01. The Kier molecular flexibility index (Phi) is 5.02. The number of nitrogens with one attached hydrogen (secondary N) is 1. The highest BCUT2D eigenvalue weighted by Gasteiger charge is 1.99. The van der Waals surface area contributed by atoms with Crippen LogP contribution in [-0.2, 0) is 6.42 Å². The van der Waals surface area contributed by atoms with Crippen LogP contribution in [0.5, 0.6) is 0 Å². The highest BCUT2D eigenvalue weighted by molar-refractivity contribution is 9.10.